The number of rotatable bonds is 9. The second kappa shape index (κ2) is 9.97. The molecule has 0 spiro atoms. The average Bonchev–Trinajstić information content (AvgIpc) is 2.64. The molecule has 0 saturated heterocycles. The lowest BCUT2D eigenvalue weighted by Gasteiger charge is -2.09. The largest absolute Gasteiger partial charge is 0.484 e. The molecule has 0 bridgehead atoms. The first-order valence-corrected chi connectivity index (χ1v) is 8.04. The Morgan fingerprint density at radius 1 is 0.760 bits per heavy atom. The van der Waals surface area contributed by atoms with Gasteiger partial charge in [0.1, 0.15) is 11.5 Å². The van der Waals surface area contributed by atoms with Crippen LogP contribution in [0.5, 0.6) is 11.5 Å². The van der Waals surface area contributed by atoms with E-state index in [9.17, 15) is 9.59 Å². The Balaban J connectivity index is 1.53. The minimum Gasteiger partial charge on any atom is -0.484 e. The van der Waals surface area contributed by atoms with Crippen molar-refractivity contribution in [2.75, 3.05) is 26.3 Å². The zero-order valence-electron chi connectivity index (χ0n) is 14.2. The third-order valence-electron chi connectivity index (χ3n) is 3.27. The van der Waals surface area contributed by atoms with Gasteiger partial charge < -0.3 is 20.1 Å². The summed E-state index contributed by atoms with van der Waals surface area (Å²) >= 11 is 0. The van der Waals surface area contributed by atoms with E-state index in [0.717, 1.165) is 5.56 Å². The minimum atomic E-state index is -0.242. The number of hydrogen-bond donors (Lipinski definition) is 2. The van der Waals surface area contributed by atoms with Gasteiger partial charge in [0.15, 0.2) is 13.2 Å². The van der Waals surface area contributed by atoms with E-state index < -0.39 is 0 Å². The summed E-state index contributed by atoms with van der Waals surface area (Å²) in [5.41, 5.74) is 1.13. The molecule has 0 unspecified atom stereocenters. The van der Waals surface area contributed by atoms with E-state index in [2.05, 4.69) is 10.6 Å². The Bertz CT molecular complexity index is 672. The number of carbonyl (C=O) groups excluding carboxylic acids is 2. The van der Waals surface area contributed by atoms with Crippen LogP contribution in [0.15, 0.2) is 54.6 Å². The molecule has 0 heterocycles. The molecule has 25 heavy (non-hydrogen) atoms. The van der Waals surface area contributed by atoms with Gasteiger partial charge in [-0.1, -0.05) is 35.9 Å². The van der Waals surface area contributed by atoms with E-state index >= 15 is 0 Å². The lowest BCUT2D eigenvalue weighted by Crippen LogP contribution is -2.38. The minimum absolute atomic E-state index is 0.0610. The fraction of sp³-hybridized carbons (Fsp3) is 0.263. The summed E-state index contributed by atoms with van der Waals surface area (Å²) in [6.45, 7) is 2.51. The zero-order valence-corrected chi connectivity index (χ0v) is 14.2. The van der Waals surface area contributed by atoms with Crippen molar-refractivity contribution in [1.29, 1.82) is 0 Å². The molecule has 0 aliphatic carbocycles. The predicted octanol–water partition coefficient (Wildman–Crippen LogP) is 1.69. The SMILES string of the molecule is Cc1ccc(OCC(=O)NCCNC(=O)COc2ccccc2)cc1. The monoisotopic (exact) mass is 342 g/mol. The van der Waals surface area contributed by atoms with Crippen LogP contribution in [0.1, 0.15) is 5.56 Å². The summed E-state index contributed by atoms with van der Waals surface area (Å²) in [6, 6.07) is 16.6. The number of hydrogen-bond acceptors (Lipinski definition) is 4. The molecule has 2 aromatic carbocycles. The molecule has 0 radical (unpaired) electrons. The number of para-hydroxylation sites is 1. The van der Waals surface area contributed by atoms with Gasteiger partial charge in [-0.15, -0.1) is 0 Å². The maximum Gasteiger partial charge on any atom is 0.258 e. The molecule has 0 fully saturated rings. The number of nitrogens with one attached hydrogen (secondary N) is 2. The molecule has 2 rings (SSSR count). The van der Waals surface area contributed by atoms with Gasteiger partial charge >= 0.3 is 0 Å². The lowest BCUT2D eigenvalue weighted by atomic mass is 10.2. The van der Waals surface area contributed by atoms with E-state index in [4.69, 9.17) is 9.47 Å². The second-order valence-corrected chi connectivity index (χ2v) is 5.40. The van der Waals surface area contributed by atoms with E-state index in [0.29, 0.717) is 24.6 Å². The quantitative estimate of drug-likeness (QED) is 0.680. The molecule has 0 saturated carbocycles. The van der Waals surface area contributed by atoms with Crippen molar-refractivity contribution in [1.82, 2.24) is 10.6 Å². The maximum absolute atomic E-state index is 11.7. The van der Waals surface area contributed by atoms with Gasteiger partial charge in [-0.25, -0.2) is 0 Å². The molecular weight excluding hydrogens is 320 g/mol. The van der Waals surface area contributed by atoms with Crippen LogP contribution in [0.3, 0.4) is 0 Å². The van der Waals surface area contributed by atoms with Crippen molar-refractivity contribution < 1.29 is 19.1 Å². The Morgan fingerprint density at radius 3 is 1.76 bits per heavy atom. The van der Waals surface area contributed by atoms with E-state index in [1.54, 1.807) is 12.1 Å². The molecule has 2 amide bonds. The third-order valence-corrected chi connectivity index (χ3v) is 3.27. The van der Waals surface area contributed by atoms with Crippen molar-refractivity contribution in [2.24, 2.45) is 0 Å². The first-order chi connectivity index (χ1) is 12.1. The first-order valence-electron chi connectivity index (χ1n) is 8.04. The maximum atomic E-state index is 11.7. The van der Waals surface area contributed by atoms with Gasteiger partial charge in [-0.3, -0.25) is 9.59 Å². The predicted molar refractivity (Wildman–Crippen MR) is 94.6 cm³/mol. The molecule has 2 N–H and O–H groups in total. The summed E-state index contributed by atoms with van der Waals surface area (Å²) < 4.78 is 10.7. The molecule has 0 aliphatic rings. The standard InChI is InChI=1S/C19H22N2O4/c1-15-7-9-17(10-8-15)25-14-19(23)21-12-11-20-18(22)13-24-16-5-3-2-4-6-16/h2-10H,11-14H2,1H3,(H,20,22)(H,21,23). The third kappa shape index (κ3) is 7.39. The zero-order chi connectivity index (χ0) is 17.9. The van der Waals surface area contributed by atoms with E-state index in [-0.39, 0.29) is 25.0 Å². The van der Waals surface area contributed by atoms with Crippen LogP contribution >= 0.6 is 0 Å². The first kappa shape index (κ1) is 18.3. The number of carbonyl (C=O) groups is 2. The van der Waals surface area contributed by atoms with Gasteiger partial charge in [0.25, 0.3) is 11.8 Å². The van der Waals surface area contributed by atoms with Crippen LogP contribution in [-0.2, 0) is 9.59 Å². The highest BCUT2D eigenvalue weighted by Gasteiger charge is 2.04. The van der Waals surface area contributed by atoms with Crippen molar-refractivity contribution in [3.8, 4) is 11.5 Å². The van der Waals surface area contributed by atoms with Crippen molar-refractivity contribution in [3.63, 3.8) is 0 Å². The molecule has 0 atom stereocenters. The highest BCUT2D eigenvalue weighted by atomic mass is 16.5. The van der Waals surface area contributed by atoms with Crippen LogP contribution in [0.25, 0.3) is 0 Å². The molecule has 6 nitrogen and oxygen atoms in total. The molecule has 0 aromatic heterocycles. The fourth-order valence-corrected chi connectivity index (χ4v) is 1.95. The Morgan fingerprint density at radius 2 is 1.24 bits per heavy atom. The van der Waals surface area contributed by atoms with Crippen LogP contribution in [0, 0.1) is 6.92 Å². The van der Waals surface area contributed by atoms with Gasteiger partial charge in [0.2, 0.25) is 0 Å². The number of benzene rings is 2. The molecule has 6 heteroatoms. The fourth-order valence-electron chi connectivity index (χ4n) is 1.95. The Kier molecular flexibility index (Phi) is 7.31. The summed E-state index contributed by atoms with van der Waals surface area (Å²) in [7, 11) is 0. The summed E-state index contributed by atoms with van der Waals surface area (Å²) in [6.07, 6.45) is 0. The van der Waals surface area contributed by atoms with E-state index in [1.165, 1.54) is 0 Å². The van der Waals surface area contributed by atoms with Gasteiger partial charge in [-0.05, 0) is 31.2 Å². The molecule has 2 aromatic rings. The van der Waals surface area contributed by atoms with Crippen LogP contribution in [-0.4, -0.2) is 38.1 Å². The Hall–Kier alpha value is -3.02. The summed E-state index contributed by atoms with van der Waals surface area (Å²) in [5.74, 6) is 0.802. The lowest BCUT2D eigenvalue weighted by molar-refractivity contribution is -0.124. The number of amides is 2. The molecule has 0 aliphatic heterocycles. The molecular formula is C19H22N2O4. The highest BCUT2D eigenvalue weighted by Crippen LogP contribution is 2.10. The van der Waals surface area contributed by atoms with Crippen molar-refractivity contribution in [2.45, 2.75) is 6.92 Å². The summed E-state index contributed by atoms with van der Waals surface area (Å²) in [4.78, 5) is 23.3. The van der Waals surface area contributed by atoms with Crippen LogP contribution < -0.4 is 20.1 Å². The van der Waals surface area contributed by atoms with Crippen LogP contribution in [0.4, 0.5) is 0 Å². The van der Waals surface area contributed by atoms with E-state index in [1.807, 2.05) is 49.4 Å². The van der Waals surface area contributed by atoms with Gasteiger partial charge in [-0.2, -0.15) is 0 Å². The normalized spacial score (nSPS) is 9.96. The smallest absolute Gasteiger partial charge is 0.258 e. The summed E-state index contributed by atoms with van der Waals surface area (Å²) in [5, 5.41) is 5.34. The molecule has 132 valence electrons. The van der Waals surface area contributed by atoms with Gasteiger partial charge in [0.05, 0.1) is 0 Å². The Labute approximate surface area is 147 Å². The highest BCUT2D eigenvalue weighted by molar-refractivity contribution is 5.78. The topological polar surface area (TPSA) is 76.7 Å². The number of ether oxygens (including phenoxy) is 2. The van der Waals surface area contributed by atoms with Crippen molar-refractivity contribution >= 4 is 11.8 Å². The van der Waals surface area contributed by atoms with Gasteiger partial charge in [0, 0.05) is 13.1 Å². The second-order valence-electron chi connectivity index (χ2n) is 5.40. The van der Waals surface area contributed by atoms with Crippen molar-refractivity contribution in [3.05, 3.63) is 60.2 Å². The van der Waals surface area contributed by atoms with Crippen LogP contribution in [0.2, 0.25) is 0 Å². The number of aryl methyl sites for hydroxylation is 1. The average molecular weight is 342 g/mol.